The van der Waals surface area contributed by atoms with E-state index in [2.05, 4.69) is 80.3 Å². The van der Waals surface area contributed by atoms with Gasteiger partial charge in [0.15, 0.2) is 11.5 Å². The minimum atomic E-state index is 0.600. The third kappa shape index (κ3) is 3.65. The summed E-state index contributed by atoms with van der Waals surface area (Å²) in [6.07, 6.45) is 6.16. The van der Waals surface area contributed by atoms with Gasteiger partial charge in [0.25, 0.3) is 0 Å². The van der Waals surface area contributed by atoms with Crippen LogP contribution >= 0.6 is 0 Å². The number of hydrogen-bond acceptors (Lipinski definition) is 2. The first-order valence-electron chi connectivity index (χ1n) is 9.15. The van der Waals surface area contributed by atoms with Gasteiger partial charge in [-0.2, -0.15) is 0 Å². The monoisotopic (exact) mass is 354 g/mol. The second-order valence-electron chi connectivity index (χ2n) is 6.58. The number of hydrogen-bond donors (Lipinski definition) is 0. The lowest BCUT2D eigenvalue weighted by Crippen LogP contribution is -2.15. The van der Waals surface area contributed by atoms with Gasteiger partial charge < -0.3 is 9.47 Å². The van der Waals surface area contributed by atoms with Crippen LogP contribution in [0.5, 0.6) is 11.5 Å². The van der Waals surface area contributed by atoms with Crippen LogP contribution in [0.15, 0.2) is 67.2 Å². The van der Waals surface area contributed by atoms with Crippen molar-refractivity contribution in [1.82, 2.24) is 0 Å². The molecule has 4 rings (SSSR count). The first-order chi connectivity index (χ1) is 13.2. The van der Waals surface area contributed by atoms with E-state index in [-0.39, 0.29) is 0 Å². The fourth-order valence-electron chi connectivity index (χ4n) is 3.29. The predicted octanol–water partition coefficient (Wildman–Crippen LogP) is 6.25. The molecule has 2 heteroatoms. The Bertz CT molecular complexity index is 997. The molecule has 0 saturated carbocycles. The molecular formula is C25H22O2. The van der Waals surface area contributed by atoms with Crippen molar-refractivity contribution in [1.29, 1.82) is 0 Å². The molecule has 0 spiro atoms. The second kappa shape index (κ2) is 7.55. The molecular weight excluding hydrogens is 332 g/mol. The van der Waals surface area contributed by atoms with Crippen molar-refractivity contribution in [3.63, 3.8) is 0 Å². The molecule has 0 atom stereocenters. The van der Waals surface area contributed by atoms with Crippen molar-refractivity contribution in [2.75, 3.05) is 13.2 Å². The quantitative estimate of drug-likeness (QED) is 0.516. The molecule has 0 aromatic heterocycles. The van der Waals surface area contributed by atoms with Gasteiger partial charge in [-0.25, -0.2) is 0 Å². The van der Waals surface area contributed by atoms with E-state index < -0.39 is 0 Å². The summed E-state index contributed by atoms with van der Waals surface area (Å²) in [6.45, 7) is 7.17. The summed E-state index contributed by atoms with van der Waals surface area (Å²) in [5, 5.41) is 0. The summed E-state index contributed by atoms with van der Waals surface area (Å²) >= 11 is 0. The Hall–Kier alpha value is -3.26. The smallest absolute Gasteiger partial charge is 0.161 e. The molecule has 0 bridgehead atoms. The topological polar surface area (TPSA) is 18.5 Å². The van der Waals surface area contributed by atoms with Crippen molar-refractivity contribution in [3.05, 3.63) is 89.5 Å². The van der Waals surface area contributed by atoms with Crippen molar-refractivity contribution in [2.24, 2.45) is 0 Å². The van der Waals surface area contributed by atoms with Gasteiger partial charge in [0.1, 0.15) is 13.2 Å². The van der Waals surface area contributed by atoms with Crippen molar-refractivity contribution in [2.45, 2.75) is 6.92 Å². The molecule has 1 aliphatic heterocycles. The lowest BCUT2D eigenvalue weighted by molar-refractivity contribution is 0.171. The van der Waals surface area contributed by atoms with E-state index in [9.17, 15) is 0 Å². The van der Waals surface area contributed by atoms with Crippen LogP contribution < -0.4 is 9.47 Å². The first-order valence-corrected chi connectivity index (χ1v) is 9.15. The van der Waals surface area contributed by atoms with E-state index in [1.165, 1.54) is 22.3 Å². The molecule has 2 nitrogen and oxygen atoms in total. The van der Waals surface area contributed by atoms with E-state index in [1.807, 2.05) is 12.1 Å². The predicted molar refractivity (Wildman–Crippen MR) is 113 cm³/mol. The lowest BCUT2D eigenvalue weighted by Gasteiger charge is -2.19. The normalized spacial score (nSPS) is 12.9. The summed E-state index contributed by atoms with van der Waals surface area (Å²) in [5.41, 5.74) is 7.09. The Morgan fingerprint density at radius 3 is 2.33 bits per heavy atom. The van der Waals surface area contributed by atoms with Crippen LogP contribution in [0, 0.1) is 6.92 Å². The maximum Gasteiger partial charge on any atom is 0.161 e. The Labute approximate surface area is 160 Å². The lowest BCUT2D eigenvalue weighted by atomic mass is 9.95. The Morgan fingerprint density at radius 1 is 0.815 bits per heavy atom. The summed E-state index contributed by atoms with van der Waals surface area (Å²) in [5.74, 6) is 1.64. The highest BCUT2D eigenvalue weighted by molar-refractivity contribution is 5.78. The molecule has 134 valence electrons. The highest BCUT2D eigenvalue weighted by atomic mass is 16.6. The Balaban J connectivity index is 1.64. The second-order valence-corrected chi connectivity index (χ2v) is 6.58. The van der Waals surface area contributed by atoms with Crippen LogP contribution in [-0.2, 0) is 0 Å². The zero-order chi connectivity index (χ0) is 18.6. The highest BCUT2D eigenvalue weighted by Crippen LogP contribution is 2.36. The van der Waals surface area contributed by atoms with Crippen LogP contribution in [-0.4, -0.2) is 13.2 Å². The van der Waals surface area contributed by atoms with Crippen molar-refractivity contribution >= 4 is 18.2 Å². The van der Waals surface area contributed by atoms with Crippen LogP contribution in [0.4, 0.5) is 0 Å². The Morgan fingerprint density at radius 2 is 1.56 bits per heavy atom. The summed E-state index contributed by atoms with van der Waals surface area (Å²) in [6, 6.07) is 20.9. The highest BCUT2D eigenvalue weighted by Gasteiger charge is 2.13. The first kappa shape index (κ1) is 17.2. The van der Waals surface area contributed by atoms with E-state index in [1.54, 1.807) is 0 Å². The zero-order valence-corrected chi connectivity index (χ0v) is 15.4. The number of ether oxygens (including phenoxy) is 2. The standard InChI is InChI=1S/C25H22O2/c1-3-19-7-9-20(10-8-19)11-12-21-5-4-6-23(18(21)2)22-13-14-24-25(17-22)27-16-15-26-24/h3-14,17H,1,15-16H2,2H3/b12-11+. The molecule has 3 aromatic carbocycles. The van der Waals surface area contributed by atoms with Gasteiger partial charge in [0.2, 0.25) is 0 Å². The molecule has 1 heterocycles. The molecule has 27 heavy (non-hydrogen) atoms. The van der Waals surface area contributed by atoms with Crippen molar-refractivity contribution < 1.29 is 9.47 Å². The number of rotatable bonds is 4. The molecule has 1 aliphatic rings. The van der Waals surface area contributed by atoms with Crippen LogP contribution in [0.25, 0.3) is 29.4 Å². The molecule has 0 saturated heterocycles. The minimum Gasteiger partial charge on any atom is -0.486 e. The van der Waals surface area contributed by atoms with E-state index >= 15 is 0 Å². The molecule has 0 radical (unpaired) electrons. The summed E-state index contributed by atoms with van der Waals surface area (Å²) < 4.78 is 11.4. The third-order valence-electron chi connectivity index (χ3n) is 4.86. The fraction of sp³-hybridized carbons (Fsp3) is 0.120. The van der Waals surface area contributed by atoms with Gasteiger partial charge in [0.05, 0.1) is 0 Å². The summed E-state index contributed by atoms with van der Waals surface area (Å²) in [4.78, 5) is 0. The number of fused-ring (bicyclic) bond motifs is 1. The van der Waals surface area contributed by atoms with Crippen LogP contribution in [0.3, 0.4) is 0 Å². The third-order valence-corrected chi connectivity index (χ3v) is 4.86. The number of benzene rings is 3. The molecule has 0 fully saturated rings. The molecule has 0 aliphatic carbocycles. The minimum absolute atomic E-state index is 0.600. The Kier molecular flexibility index (Phi) is 4.80. The average molecular weight is 354 g/mol. The van der Waals surface area contributed by atoms with E-state index in [0.717, 1.165) is 22.6 Å². The molecule has 0 amide bonds. The van der Waals surface area contributed by atoms with Crippen LogP contribution in [0.1, 0.15) is 22.3 Å². The molecule has 0 N–H and O–H groups in total. The average Bonchev–Trinajstić information content (AvgIpc) is 2.73. The summed E-state index contributed by atoms with van der Waals surface area (Å²) in [7, 11) is 0. The van der Waals surface area contributed by atoms with E-state index in [4.69, 9.17) is 9.47 Å². The molecule has 0 unspecified atom stereocenters. The van der Waals surface area contributed by atoms with Gasteiger partial charge in [-0.1, -0.05) is 73.3 Å². The zero-order valence-electron chi connectivity index (χ0n) is 15.4. The maximum atomic E-state index is 5.73. The van der Waals surface area contributed by atoms with Gasteiger partial charge in [-0.05, 0) is 52.4 Å². The van der Waals surface area contributed by atoms with Crippen LogP contribution in [0.2, 0.25) is 0 Å². The largest absolute Gasteiger partial charge is 0.486 e. The van der Waals surface area contributed by atoms with Gasteiger partial charge in [-0.15, -0.1) is 0 Å². The SMILES string of the molecule is C=Cc1ccc(/C=C/c2cccc(-c3ccc4c(c3)OCCO4)c2C)cc1. The fourth-order valence-corrected chi connectivity index (χ4v) is 3.29. The van der Waals surface area contributed by atoms with Gasteiger partial charge >= 0.3 is 0 Å². The van der Waals surface area contributed by atoms with Crippen molar-refractivity contribution in [3.8, 4) is 22.6 Å². The van der Waals surface area contributed by atoms with Gasteiger partial charge in [-0.3, -0.25) is 0 Å². The molecule has 3 aromatic rings. The van der Waals surface area contributed by atoms with Gasteiger partial charge in [0, 0.05) is 0 Å². The maximum absolute atomic E-state index is 5.73. The van der Waals surface area contributed by atoms with E-state index in [0.29, 0.717) is 13.2 Å².